The van der Waals surface area contributed by atoms with Gasteiger partial charge in [-0.3, -0.25) is 9.59 Å². The van der Waals surface area contributed by atoms with Crippen molar-refractivity contribution in [1.82, 2.24) is 0 Å². The quantitative estimate of drug-likeness (QED) is 0.800. The maximum atomic E-state index is 11.4. The summed E-state index contributed by atoms with van der Waals surface area (Å²) in [5.41, 5.74) is 1.22. The van der Waals surface area contributed by atoms with Crippen molar-refractivity contribution in [2.45, 2.75) is 12.8 Å². The molecule has 0 aliphatic heterocycles. The number of benzene rings is 1. The fourth-order valence-corrected chi connectivity index (χ4v) is 2.04. The Balaban J connectivity index is 2.66. The topological polar surface area (TPSA) is 101 Å². The first kappa shape index (κ1) is 15.2. The summed E-state index contributed by atoms with van der Waals surface area (Å²) in [6.45, 7) is 0. The highest BCUT2D eigenvalue weighted by Gasteiger charge is 2.11. The van der Waals surface area contributed by atoms with Gasteiger partial charge in [-0.1, -0.05) is 12.1 Å². The van der Waals surface area contributed by atoms with Gasteiger partial charge in [-0.05, 0) is 24.1 Å². The smallest absolute Gasteiger partial charge is 0.303 e. The van der Waals surface area contributed by atoms with E-state index in [0.717, 1.165) is 11.8 Å². The Morgan fingerprint density at radius 3 is 2.58 bits per heavy atom. The minimum Gasteiger partial charge on any atom is -0.481 e. The molecule has 1 aromatic carbocycles. The van der Waals surface area contributed by atoms with Gasteiger partial charge < -0.3 is 10.4 Å². The van der Waals surface area contributed by atoms with Crippen LogP contribution >= 0.6 is 0 Å². The molecule has 0 radical (unpaired) electrons. The summed E-state index contributed by atoms with van der Waals surface area (Å²) in [7, 11) is -3.36. The van der Waals surface area contributed by atoms with Crippen LogP contribution in [0.25, 0.3) is 0 Å². The third-order valence-corrected chi connectivity index (χ3v) is 3.02. The molecule has 104 valence electrons. The molecule has 0 saturated heterocycles. The van der Waals surface area contributed by atoms with Gasteiger partial charge in [0.25, 0.3) is 0 Å². The molecular weight excluding hydrogens is 270 g/mol. The van der Waals surface area contributed by atoms with Gasteiger partial charge in [-0.15, -0.1) is 0 Å². The monoisotopic (exact) mass is 285 g/mol. The van der Waals surface area contributed by atoms with Crippen molar-refractivity contribution in [3.63, 3.8) is 0 Å². The zero-order valence-corrected chi connectivity index (χ0v) is 11.2. The van der Waals surface area contributed by atoms with Crippen LogP contribution in [0, 0.1) is 0 Å². The van der Waals surface area contributed by atoms with Crippen molar-refractivity contribution in [3.05, 3.63) is 29.8 Å². The number of sulfone groups is 1. The molecule has 1 rings (SSSR count). The predicted molar refractivity (Wildman–Crippen MR) is 70.7 cm³/mol. The van der Waals surface area contributed by atoms with E-state index >= 15 is 0 Å². The highest BCUT2D eigenvalue weighted by molar-refractivity contribution is 7.91. The first-order valence-electron chi connectivity index (χ1n) is 5.54. The van der Waals surface area contributed by atoms with E-state index in [4.69, 9.17) is 5.11 Å². The minimum atomic E-state index is -3.36. The lowest BCUT2D eigenvalue weighted by atomic mass is 10.1. The lowest BCUT2D eigenvalue weighted by Gasteiger charge is -2.06. The maximum Gasteiger partial charge on any atom is 0.303 e. The molecule has 6 nitrogen and oxygen atoms in total. The van der Waals surface area contributed by atoms with Gasteiger partial charge >= 0.3 is 5.97 Å². The average molecular weight is 285 g/mol. The summed E-state index contributed by atoms with van der Waals surface area (Å²) < 4.78 is 21.9. The van der Waals surface area contributed by atoms with Gasteiger partial charge in [-0.25, -0.2) is 8.42 Å². The van der Waals surface area contributed by atoms with E-state index in [9.17, 15) is 18.0 Å². The Bertz CT molecular complexity index is 580. The number of amides is 1. The van der Waals surface area contributed by atoms with Crippen molar-refractivity contribution in [2.75, 3.05) is 17.3 Å². The van der Waals surface area contributed by atoms with E-state index in [1.165, 1.54) is 0 Å². The summed E-state index contributed by atoms with van der Waals surface area (Å²) in [5.74, 6) is -2.09. The van der Waals surface area contributed by atoms with Crippen molar-refractivity contribution < 1.29 is 23.1 Å². The number of carbonyl (C=O) groups is 2. The SMILES string of the molecule is CS(=O)(=O)CC(=O)Nc1cccc(CCC(=O)O)c1. The van der Waals surface area contributed by atoms with Crippen molar-refractivity contribution in [3.8, 4) is 0 Å². The number of anilines is 1. The third-order valence-electron chi connectivity index (χ3n) is 2.23. The van der Waals surface area contributed by atoms with Crippen LogP contribution in [0.4, 0.5) is 5.69 Å². The van der Waals surface area contributed by atoms with Crippen LogP contribution in [0.5, 0.6) is 0 Å². The molecule has 1 amide bonds. The van der Waals surface area contributed by atoms with Gasteiger partial charge in [0.15, 0.2) is 9.84 Å². The number of rotatable bonds is 6. The molecule has 7 heteroatoms. The fraction of sp³-hybridized carbons (Fsp3) is 0.333. The van der Waals surface area contributed by atoms with E-state index in [1.54, 1.807) is 24.3 Å². The van der Waals surface area contributed by atoms with E-state index in [0.29, 0.717) is 12.1 Å². The van der Waals surface area contributed by atoms with Gasteiger partial charge in [0.05, 0.1) is 0 Å². The molecule has 0 aliphatic rings. The molecule has 0 spiro atoms. The van der Waals surface area contributed by atoms with E-state index in [-0.39, 0.29) is 6.42 Å². The summed E-state index contributed by atoms with van der Waals surface area (Å²) in [6, 6.07) is 6.66. The molecule has 0 unspecified atom stereocenters. The number of hydrogen-bond donors (Lipinski definition) is 2. The molecule has 0 atom stereocenters. The number of carbonyl (C=O) groups excluding carboxylic acids is 1. The lowest BCUT2D eigenvalue weighted by Crippen LogP contribution is -2.21. The van der Waals surface area contributed by atoms with Crippen LogP contribution in [0.2, 0.25) is 0 Å². The number of nitrogens with one attached hydrogen (secondary N) is 1. The second-order valence-corrected chi connectivity index (χ2v) is 6.35. The van der Waals surface area contributed by atoms with Crippen LogP contribution in [-0.2, 0) is 25.8 Å². The fourth-order valence-electron chi connectivity index (χ4n) is 1.49. The third kappa shape index (κ3) is 6.56. The standard InChI is InChI=1S/C12H15NO5S/c1-19(17,18)8-11(14)13-10-4-2-3-9(7-10)5-6-12(15)16/h2-4,7H,5-6,8H2,1H3,(H,13,14)(H,15,16). The Morgan fingerprint density at radius 1 is 1.32 bits per heavy atom. The van der Waals surface area contributed by atoms with Crippen LogP contribution in [0.3, 0.4) is 0 Å². The molecule has 0 aromatic heterocycles. The number of carboxylic acids is 1. The van der Waals surface area contributed by atoms with Gasteiger partial charge in [-0.2, -0.15) is 0 Å². The summed E-state index contributed by atoms with van der Waals surface area (Å²) in [4.78, 5) is 21.9. The van der Waals surface area contributed by atoms with Gasteiger partial charge in [0.1, 0.15) is 5.75 Å². The molecule has 0 saturated carbocycles. The summed E-state index contributed by atoms with van der Waals surface area (Å²) >= 11 is 0. The number of aryl methyl sites for hydroxylation is 1. The summed E-state index contributed by atoms with van der Waals surface area (Å²) in [5, 5.41) is 11.0. The maximum absolute atomic E-state index is 11.4. The molecule has 0 aliphatic carbocycles. The van der Waals surface area contributed by atoms with Gasteiger partial charge in [0.2, 0.25) is 5.91 Å². The molecule has 1 aromatic rings. The first-order valence-corrected chi connectivity index (χ1v) is 7.60. The highest BCUT2D eigenvalue weighted by Crippen LogP contribution is 2.12. The van der Waals surface area contributed by atoms with Crippen molar-refractivity contribution in [2.24, 2.45) is 0 Å². The van der Waals surface area contributed by atoms with Gasteiger partial charge in [0, 0.05) is 18.4 Å². The second kappa shape index (κ2) is 6.33. The second-order valence-electron chi connectivity index (χ2n) is 4.21. The number of aliphatic carboxylic acids is 1. The largest absolute Gasteiger partial charge is 0.481 e. The average Bonchev–Trinajstić information content (AvgIpc) is 2.24. The number of hydrogen-bond acceptors (Lipinski definition) is 4. The molecule has 0 heterocycles. The van der Waals surface area contributed by atoms with E-state index in [2.05, 4.69) is 5.32 Å². The Hall–Kier alpha value is -1.89. The molecular formula is C12H15NO5S. The molecule has 2 N–H and O–H groups in total. The Morgan fingerprint density at radius 2 is 2.00 bits per heavy atom. The zero-order valence-electron chi connectivity index (χ0n) is 10.4. The summed E-state index contributed by atoms with van der Waals surface area (Å²) in [6.07, 6.45) is 1.34. The van der Waals surface area contributed by atoms with Crippen LogP contribution in [-0.4, -0.2) is 37.4 Å². The molecule has 19 heavy (non-hydrogen) atoms. The minimum absolute atomic E-state index is 0.000733. The predicted octanol–water partition coefficient (Wildman–Crippen LogP) is 0.687. The van der Waals surface area contributed by atoms with E-state index < -0.39 is 27.5 Å². The Kier molecular flexibility index (Phi) is 5.05. The van der Waals surface area contributed by atoms with Crippen LogP contribution in [0.1, 0.15) is 12.0 Å². The van der Waals surface area contributed by atoms with Crippen LogP contribution in [0.15, 0.2) is 24.3 Å². The first-order chi connectivity index (χ1) is 8.76. The normalized spacial score (nSPS) is 11.0. The number of carboxylic acid groups (broad SMARTS) is 1. The van der Waals surface area contributed by atoms with Crippen molar-refractivity contribution >= 4 is 27.4 Å². The zero-order chi connectivity index (χ0) is 14.5. The lowest BCUT2D eigenvalue weighted by molar-refractivity contribution is -0.137. The highest BCUT2D eigenvalue weighted by atomic mass is 32.2. The van der Waals surface area contributed by atoms with Crippen LogP contribution < -0.4 is 5.32 Å². The molecule has 0 fully saturated rings. The van der Waals surface area contributed by atoms with Crippen molar-refractivity contribution in [1.29, 1.82) is 0 Å². The molecule has 0 bridgehead atoms. The Labute approximate surface area is 111 Å². The van der Waals surface area contributed by atoms with E-state index in [1.807, 2.05) is 0 Å².